The highest BCUT2D eigenvalue weighted by Crippen LogP contribution is 2.35. The van der Waals surface area contributed by atoms with Gasteiger partial charge in [-0.3, -0.25) is 19.5 Å². The largest absolute Gasteiger partial charge is 0.344 e. The third-order valence-corrected chi connectivity index (χ3v) is 8.15. The van der Waals surface area contributed by atoms with E-state index in [4.69, 9.17) is 0 Å². The highest BCUT2D eigenvalue weighted by Gasteiger charge is 2.52. The summed E-state index contributed by atoms with van der Waals surface area (Å²) in [6.07, 6.45) is 4.59. The van der Waals surface area contributed by atoms with Gasteiger partial charge in [-0.25, -0.2) is 4.79 Å². The second kappa shape index (κ2) is 8.73. The number of piperidine rings is 1. The first kappa shape index (κ1) is 23.2. The summed E-state index contributed by atoms with van der Waals surface area (Å²) in [5.41, 5.74) is 2.78. The van der Waals surface area contributed by atoms with E-state index in [1.807, 2.05) is 49.2 Å². The molecule has 2 saturated heterocycles. The first-order chi connectivity index (χ1) is 17.9. The minimum Gasteiger partial charge on any atom is -0.344 e. The zero-order valence-electron chi connectivity index (χ0n) is 21.0. The van der Waals surface area contributed by atoms with Crippen LogP contribution in [0, 0.1) is 5.92 Å². The maximum Gasteiger partial charge on any atom is 0.325 e. The number of hydrogen-bond acceptors (Lipinski definition) is 4. The number of pyridine rings is 1. The zero-order chi connectivity index (χ0) is 25.7. The number of benzene rings is 2. The van der Waals surface area contributed by atoms with Gasteiger partial charge in [-0.1, -0.05) is 18.2 Å². The van der Waals surface area contributed by atoms with Crippen molar-refractivity contribution in [3.05, 3.63) is 78.1 Å². The summed E-state index contributed by atoms with van der Waals surface area (Å²) in [6, 6.07) is 17.3. The lowest BCUT2D eigenvalue weighted by Gasteiger charge is -2.39. The van der Waals surface area contributed by atoms with E-state index in [9.17, 15) is 14.4 Å². The van der Waals surface area contributed by atoms with Crippen molar-refractivity contribution in [2.75, 3.05) is 13.1 Å². The van der Waals surface area contributed by atoms with Crippen LogP contribution in [0.15, 0.2) is 67.0 Å². The Kier molecular flexibility index (Phi) is 5.47. The van der Waals surface area contributed by atoms with Crippen molar-refractivity contribution in [1.82, 2.24) is 24.7 Å². The Bertz CT molecular complexity index is 1540. The molecule has 0 bridgehead atoms. The van der Waals surface area contributed by atoms with Crippen LogP contribution in [0.3, 0.4) is 0 Å². The molecular formula is C29H29N5O3. The van der Waals surface area contributed by atoms with E-state index in [2.05, 4.69) is 27.0 Å². The number of para-hydroxylation sites is 1. The molecule has 2 aromatic carbocycles. The van der Waals surface area contributed by atoms with Crippen molar-refractivity contribution in [2.45, 2.75) is 31.8 Å². The number of amides is 4. The number of rotatable bonds is 4. The molecule has 4 amide bonds. The molecule has 2 aromatic heterocycles. The fourth-order valence-corrected chi connectivity index (χ4v) is 5.95. The fraction of sp³-hybridized carbons (Fsp3) is 0.310. The zero-order valence-corrected chi connectivity index (χ0v) is 21.0. The lowest BCUT2D eigenvalue weighted by molar-refractivity contribution is -0.133. The lowest BCUT2D eigenvalue weighted by Crippen LogP contribution is -2.54. The maximum atomic E-state index is 13.4. The van der Waals surface area contributed by atoms with Crippen LogP contribution in [0.2, 0.25) is 0 Å². The topological polar surface area (TPSA) is 87.5 Å². The molecular weight excluding hydrogens is 466 g/mol. The van der Waals surface area contributed by atoms with Crippen molar-refractivity contribution < 1.29 is 14.4 Å². The molecule has 4 aromatic rings. The maximum absolute atomic E-state index is 13.4. The molecule has 4 heterocycles. The number of carbonyl (C=O) groups is 3. The molecule has 6 rings (SSSR count). The third kappa shape index (κ3) is 3.75. The number of imide groups is 1. The van der Waals surface area contributed by atoms with Gasteiger partial charge in [0.15, 0.2) is 0 Å². The van der Waals surface area contributed by atoms with E-state index >= 15 is 0 Å². The van der Waals surface area contributed by atoms with Gasteiger partial charge < -0.3 is 14.8 Å². The number of likely N-dealkylation sites (tertiary alicyclic amines) is 1. The van der Waals surface area contributed by atoms with Gasteiger partial charge in [-0.2, -0.15) is 0 Å². The van der Waals surface area contributed by atoms with Crippen molar-refractivity contribution >= 4 is 39.7 Å². The Labute approximate surface area is 214 Å². The molecule has 0 unspecified atom stereocenters. The Hall–Kier alpha value is -4.20. The molecule has 1 N–H and O–H groups in total. The van der Waals surface area contributed by atoms with Gasteiger partial charge in [0.05, 0.1) is 6.54 Å². The summed E-state index contributed by atoms with van der Waals surface area (Å²) in [6.45, 7) is 3.12. The van der Waals surface area contributed by atoms with Gasteiger partial charge in [0, 0.05) is 59.9 Å². The molecule has 37 heavy (non-hydrogen) atoms. The molecule has 8 nitrogen and oxygen atoms in total. The van der Waals surface area contributed by atoms with E-state index in [0.717, 1.165) is 27.4 Å². The normalized spacial score (nSPS) is 20.7. The Balaban J connectivity index is 1.16. The van der Waals surface area contributed by atoms with Gasteiger partial charge in [0.1, 0.15) is 5.54 Å². The summed E-state index contributed by atoms with van der Waals surface area (Å²) in [7, 11) is 2.04. The van der Waals surface area contributed by atoms with Crippen LogP contribution >= 0.6 is 0 Å². The first-order valence-corrected chi connectivity index (χ1v) is 12.7. The molecule has 1 atom stereocenters. The summed E-state index contributed by atoms with van der Waals surface area (Å²) in [5.74, 6) is -0.254. The molecule has 2 fully saturated rings. The predicted molar refractivity (Wildman–Crippen MR) is 141 cm³/mol. The molecule has 0 aliphatic carbocycles. The molecule has 8 heteroatoms. The van der Waals surface area contributed by atoms with Gasteiger partial charge in [-0.15, -0.1) is 0 Å². The molecule has 0 radical (unpaired) electrons. The van der Waals surface area contributed by atoms with Crippen LogP contribution in [0.5, 0.6) is 0 Å². The highest BCUT2D eigenvalue weighted by molar-refractivity contribution is 6.10. The predicted octanol–water partition coefficient (Wildman–Crippen LogP) is 4.09. The number of urea groups is 1. The average Bonchev–Trinajstić information content (AvgIpc) is 3.34. The van der Waals surface area contributed by atoms with E-state index in [-0.39, 0.29) is 30.3 Å². The van der Waals surface area contributed by atoms with Gasteiger partial charge >= 0.3 is 6.03 Å². The van der Waals surface area contributed by atoms with Crippen LogP contribution in [0.25, 0.3) is 21.8 Å². The number of nitrogens with one attached hydrogen (secondary N) is 1. The average molecular weight is 496 g/mol. The Morgan fingerprint density at radius 3 is 2.46 bits per heavy atom. The number of aromatic nitrogens is 2. The van der Waals surface area contributed by atoms with E-state index in [1.54, 1.807) is 24.5 Å². The molecule has 0 saturated carbocycles. The van der Waals surface area contributed by atoms with E-state index in [1.165, 1.54) is 4.90 Å². The summed E-state index contributed by atoms with van der Waals surface area (Å²) in [4.78, 5) is 46.7. The molecule has 2 aliphatic heterocycles. The standard InChI is InChI=1S/C29H29N5O3/c1-29(27(36)34(28(37)31-29)18-19-9-13-30-14-10-19)21-11-15-33(16-12-21)26(35)20-7-8-25-23(17-20)22-5-3-4-6-24(22)32(25)2/h3-10,13-14,17,21H,11-12,15-16,18H2,1-2H3,(H,31,37)/t29-/m0/s1. The van der Waals surface area contributed by atoms with Crippen LogP contribution in [-0.2, 0) is 18.4 Å². The highest BCUT2D eigenvalue weighted by atomic mass is 16.2. The van der Waals surface area contributed by atoms with E-state index < -0.39 is 5.54 Å². The van der Waals surface area contributed by atoms with Crippen LogP contribution in [-0.4, -0.2) is 55.8 Å². The Morgan fingerprint density at radius 1 is 1.00 bits per heavy atom. The SMILES string of the molecule is Cn1c2ccccc2c2cc(C(=O)N3CCC([C@]4(C)NC(=O)N(Cc5ccncc5)C4=O)CC3)ccc21. The third-order valence-electron chi connectivity index (χ3n) is 8.15. The number of aryl methyl sites for hydroxylation is 1. The number of fused-ring (bicyclic) bond motifs is 3. The number of nitrogens with zero attached hydrogens (tertiary/aromatic N) is 4. The summed E-state index contributed by atoms with van der Waals surface area (Å²) >= 11 is 0. The van der Waals surface area contributed by atoms with Crippen LogP contribution in [0.4, 0.5) is 4.79 Å². The lowest BCUT2D eigenvalue weighted by atomic mass is 9.78. The molecule has 0 spiro atoms. The second-order valence-electron chi connectivity index (χ2n) is 10.3. The molecule has 2 aliphatic rings. The summed E-state index contributed by atoms with van der Waals surface area (Å²) in [5, 5.41) is 5.15. The minimum atomic E-state index is -0.971. The monoisotopic (exact) mass is 495 g/mol. The summed E-state index contributed by atoms with van der Waals surface area (Å²) < 4.78 is 2.15. The van der Waals surface area contributed by atoms with Crippen LogP contribution in [0.1, 0.15) is 35.7 Å². The smallest absolute Gasteiger partial charge is 0.325 e. The fourth-order valence-electron chi connectivity index (χ4n) is 5.95. The van der Waals surface area contributed by atoms with Crippen LogP contribution < -0.4 is 5.32 Å². The van der Waals surface area contributed by atoms with Gasteiger partial charge in [0.2, 0.25) is 0 Å². The van der Waals surface area contributed by atoms with Gasteiger partial charge in [0.25, 0.3) is 11.8 Å². The number of carbonyl (C=O) groups excluding carboxylic acids is 3. The van der Waals surface area contributed by atoms with E-state index in [0.29, 0.717) is 31.5 Å². The Morgan fingerprint density at radius 2 is 1.70 bits per heavy atom. The van der Waals surface area contributed by atoms with Crippen molar-refractivity contribution in [1.29, 1.82) is 0 Å². The van der Waals surface area contributed by atoms with Crippen molar-refractivity contribution in [3.8, 4) is 0 Å². The molecule has 188 valence electrons. The van der Waals surface area contributed by atoms with Gasteiger partial charge in [-0.05, 0) is 67.6 Å². The van der Waals surface area contributed by atoms with Crippen molar-refractivity contribution in [2.24, 2.45) is 13.0 Å². The first-order valence-electron chi connectivity index (χ1n) is 12.7. The second-order valence-corrected chi connectivity index (χ2v) is 10.3. The minimum absolute atomic E-state index is 0.000431. The number of hydrogen-bond donors (Lipinski definition) is 1. The van der Waals surface area contributed by atoms with Crippen molar-refractivity contribution in [3.63, 3.8) is 0 Å². The quantitative estimate of drug-likeness (QED) is 0.432.